The number of aromatic nitrogens is 2. The van der Waals surface area contributed by atoms with Gasteiger partial charge in [-0.15, -0.1) is 0 Å². The molecule has 27 heavy (non-hydrogen) atoms. The summed E-state index contributed by atoms with van der Waals surface area (Å²) in [7, 11) is 3.79. The van der Waals surface area contributed by atoms with Crippen molar-refractivity contribution in [1.82, 2.24) is 20.4 Å². The molecule has 0 saturated heterocycles. The van der Waals surface area contributed by atoms with Crippen LogP contribution in [0.5, 0.6) is 0 Å². The van der Waals surface area contributed by atoms with Crippen molar-refractivity contribution in [3.8, 4) is 0 Å². The SMILES string of the molecule is CN=C(NCCc1c(C)nn(C)c1C)NCC(C)(C)Cc1cccc(Cl)c1. The largest absolute Gasteiger partial charge is 0.356 e. The number of nitrogens with zero attached hydrogens (tertiary/aromatic N) is 3. The van der Waals surface area contributed by atoms with Gasteiger partial charge in [0, 0.05) is 37.9 Å². The van der Waals surface area contributed by atoms with Crippen LogP contribution in [0.25, 0.3) is 0 Å². The van der Waals surface area contributed by atoms with E-state index in [9.17, 15) is 0 Å². The Labute approximate surface area is 168 Å². The Hall–Kier alpha value is -2.01. The summed E-state index contributed by atoms with van der Waals surface area (Å²) >= 11 is 6.10. The lowest BCUT2D eigenvalue weighted by molar-refractivity contribution is 0.359. The predicted molar refractivity (Wildman–Crippen MR) is 115 cm³/mol. The first-order chi connectivity index (χ1) is 12.7. The smallest absolute Gasteiger partial charge is 0.191 e. The molecule has 0 aliphatic rings. The monoisotopic (exact) mass is 389 g/mol. The van der Waals surface area contributed by atoms with Crippen LogP contribution < -0.4 is 10.6 Å². The van der Waals surface area contributed by atoms with E-state index in [-0.39, 0.29) is 5.41 Å². The van der Waals surface area contributed by atoms with Gasteiger partial charge in [0.25, 0.3) is 0 Å². The fourth-order valence-corrected chi connectivity index (χ4v) is 3.50. The van der Waals surface area contributed by atoms with Gasteiger partial charge < -0.3 is 10.6 Å². The molecule has 0 aliphatic heterocycles. The summed E-state index contributed by atoms with van der Waals surface area (Å²) in [4.78, 5) is 4.35. The number of rotatable bonds is 7. The van der Waals surface area contributed by atoms with Crippen LogP contribution in [0.1, 0.15) is 36.4 Å². The number of guanidine groups is 1. The molecule has 0 saturated carbocycles. The molecule has 0 bridgehead atoms. The quantitative estimate of drug-likeness (QED) is 0.561. The highest BCUT2D eigenvalue weighted by atomic mass is 35.5. The average Bonchev–Trinajstić information content (AvgIpc) is 2.83. The standard InChI is InChI=1S/C21H32ClN5/c1-15-19(16(2)27(6)26-15)10-11-24-20(23-5)25-14-21(3,4)13-17-8-7-9-18(22)12-17/h7-9,12H,10-11,13-14H2,1-6H3,(H2,23,24,25). The molecule has 5 nitrogen and oxygen atoms in total. The van der Waals surface area contributed by atoms with E-state index in [4.69, 9.17) is 11.6 Å². The lowest BCUT2D eigenvalue weighted by atomic mass is 9.86. The molecular weight excluding hydrogens is 358 g/mol. The highest BCUT2D eigenvalue weighted by Crippen LogP contribution is 2.22. The van der Waals surface area contributed by atoms with Gasteiger partial charge in [-0.25, -0.2) is 0 Å². The molecule has 0 spiro atoms. The Balaban J connectivity index is 1.84. The Bertz CT molecular complexity index is 792. The number of benzene rings is 1. The minimum atomic E-state index is 0.0822. The molecule has 0 fully saturated rings. The summed E-state index contributed by atoms with van der Waals surface area (Å²) in [6.07, 6.45) is 1.88. The van der Waals surface area contributed by atoms with Crippen LogP contribution in [-0.4, -0.2) is 35.9 Å². The van der Waals surface area contributed by atoms with Crippen molar-refractivity contribution in [1.29, 1.82) is 0 Å². The highest BCUT2D eigenvalue weighted by molar-refractivity contribution is 6.30. The van der Waals surface area contributed by atoms with Crippen molar-refractivity contribution < 1.29 is 0 Å². The van der Waals surface area contributed by atoms with E-state index in [1.165, 1.54) is 16.8 Å². The van der Waals surface area contributed by atoms with Gasteiger partial charge in [-0.1, -0.05) is 37.6 Å². The summed E-state index contributed by atoms with van der Waals surface area (Å²) in [6.45, 7) is 10.3. The maximum atomic E-state index is 6.10. The summed E-state index contributed by atoms with van der Waals surface area (Å²) in [5, 5.41) is 12.1. The molecule has 2 N–H and O–H groups in total. The normalized spacial score (nSPS) is 12.3. The average molecular weight is 390 g/mol. The van der Waals surface area contributed by atoms with Gasteiger partial charge in [-0.3, -0.25) is 9.67 Å². The minimum absolute atomic E-state index is 0.0822. The Morgan fingerprint density at radius 3 is 2.59 bits per heavy atom. The number of hydrogen-bond acceptors (Lipinski definition) is 2. The van der Waals surface area contributed by atoms with Crippen LogP contribution in [0.15, 0.2) is 29.3 Å². The minimum Gasteiger partial charge on any atom is -0.356 e. The van der Waals surface area contributed by atoms with E-state index < -0.39 is 0 Å². The van der Waals surface area contributed by atoms with Gasteiger partial charge in [0.1, 0.15) is 0 Å². The first kappa shape index (κ1) is 21.3. The van der Waals surface area contributed by atoms with Crippen LogP contribution in [-0.2, 0) is 19.9 Å². The van der Waals surface area contributed by atoms with Gasteiger partial charge in [0.2, 0.25) is 0 Å². The van der Waals surface area contributed by atoms with Crippen molar-refractivity contribution in [2.75, 3.05) is 20.1 Å². The van der Waals surface area contributed by atoms with Crippen LogP contribution in [0.4, 0.5) is 0 Å². The number of hydrogen-bond donors (Lipinski definition) is 2. The second-order valence-electron chi connectivity index (χ2n) is 7.85. The first-order valence-electron chi connectivity index (χ1n) is 9.40. The molecule has 2 rings (SSSR count). The van der Waals surface area contributed by atoms with E-state index >= 15 is 0 Å². The molecule has 1 aromatic heterocycles. The second kappa shape index (κ2) is 9.27. The van der Waals surface area contributed by atoms with Crippen molar-refractivity contribution in [3.63, 3.8) is 0 Å². The number of aliphatic imine (C=N–C) groups is 1. The fraction of sp³-hybridized carbons (Fsp3) is 0.524. The fourth-order valence-electron chi connectivity index (χ4n) is 3.29. The molecule has 0 aliphatic carbocycles. The van der Waals surface area contributed by atoms with Gasteiger partial charge in [-0.05, 0) is 55.4 Å². The molecule has 0 atom stereocenters. The second-order valence-corrected chi connectivity index (χ2v) is 8.28. The Morgan fingerprint density at radius 2 is 2.00 bits per heavy atom. The zero-order valence-corrected chi connectivity index (χ0v) is 18.1. The first-order valence-corrected chi connectivity index (χ1v) is 9.77. The lowest BCUT2D eigenvalue weighted by Gasteiger charge is -2.26. The van der Waals surface area contributed by atoms with E-state index in [0.29, 0.717) is 0 Å². The third kappa shape index (κ3) is 6.28. The van der Waals surface area contributed by atoms with Gasteiger partial charge >= 0.3 is 0 Å². The van der Waals surface area contributed by atoms with Crippen molar-refractivity contribution in [2.45, 2.75) is 40.5 Å². The summed E-state index contributed by atoms with van der Waals surface area (Å²) in [5.74, 6) is 0.827. The van der Waals surface area contributed by atoms with Crippen LogP contribution in [0.3, 0.4) is 0 Å². The molecule has 0 radical (unpaired) electrons. The maximum absolute atomic E-state index is 6.10. The molecule has 0 amide bonds. The topological polar surface area (TPSA) is 54.2 Å². The third-order valence-corrected chi connectivity index (χ3v) is 5.09. The number of nitrogens with one attached hydrogen (secondary N) is 2. The summed E-state index contributed by atoms with van der Waals surface area (Å²) in [6, 6.07) is 8.08. The van der Waals surface area contributed by atoms with Crippen molar-refractivity contribution in [3.05, 3.63) is 51.8 Å². The molecule has 148 valence electrons. The summed E-state index contributed by atoms with van der Waals surface area (Å²) < 4.78 is 1.94. The van der Waals surface area contributed by atoms with Crippen molar-refractivity contribution in [2.24, 2.45) is 17.5 Å². The van der Waals surface area contributed by atoms with E-state index in [2.05, 4.69) is 54.5 Å². The number of aryl methyl sites for hydroxylation is 2. The predicted octanol–water partition coefficient (Wildman–Crippen LogP) is 3.67. The molecule has 0 unspecified atom stereocenters. The lowest BCUT2D eigenvalue weighted by Crippen LogP contribution is -2.43. The molecular formula is C21H32ClN5. The van der Waals surface area contributed by atoms with Crippen LogP contribution in [0, 0.1) is 19.3 Å². The molecule has 6 heteroatoms. The summed E-state index contributed by atoms with van der Waals surface area (Å²) in [5.41, 5.74) is 4.96. The highest BCUT2D eigenvalue weighted by Gasteiger charge is 2.19. The van der Waals surface area contributed by atoms with Crippen LogP contribution >= 0.6 is 11.6 Å². The van der Waals surface area contributed by atoms with Gasteiger partial charge in [0.05, 0.1) is 5.69 Å². The zero-order chi connectivity index (χ0) is 20.0. The van der Waals surface area contributed by atoms with Crippen LogP contribution in [0.2, 0.25) is 5.02 Å². The van der Waals surface area contributed by atoms with Gasteiger partial charge in [0.15, 0.2) is 5.96 Å². The maximum Gasteiger partial charge on any atom is 0.191 e. The van der Waals surface area contributed by atoms with Gasteiger partial charge in [-0.2, -0.15) is 5.10 Å². The van der Waals surface area contributed by atoms with E-state index in [0.717, 1.165) is 42.6 Å². The van der Waals surface area contributed by atoms with E-state index in [1.54, 1.807) is 7.05 Å². The third-order valence-electron chi connectivity index (χ3n) is 4.86. The van der Waals surface area contributed by atoms with Crippen molar-refractivity contribution >= 4 is 17.6 Å². The molecule has 2 aromatic rings. The Kier molecular flexibility index (Phi) is 7.31. The number of halogens is 1. The molecule has 1 aromatic carbocycles. The Morgan fingerprint density at radius 1 is 1.26 bits per heavy atom. The zero-order valence-electron chi connectivity index (χ0n) is 17.4. The van der Waals surface area contributed by atoms with E-state index in [1.807, 2.05) is 29.9 Å². The molecule has 1 heterocycles.